The van der Waals surface area contributed by atoms with Gasteiger partial charge in [0.05, 0.1) is 21.9 Å². The van der Waals surface area contributed by atoms with Crippen LogP contribution in [-0.4, -0.2) is 29.3 Å². The van der Waals surface area contributed by atoms with Crippen LogP contribution < -0.4 is 4.90 Å². The van der Waals surface area contributed by atoms with E-state index in [2.05, 4.69) is 12.2 Å². The van der Waals surface area contributed by atoms with Gasteiger partial charge in [0.1, 0.15) is 6.67 Å². The van der Waals surface area contributed by atoms with Crippen molar-refractivity contribution < 1.29 is 14.4 Å². The second kappa shape index (κ2) is 7.59. The molecular weight excluding hydrogens is 483 g/mol. The number of imide groups is 1. The normalized spacial score (nSPS) is 30.9. The molecule has 4 aliphatic carbocycles. The molecule has 1 heterocycles. The van der Waals surface area contributed by atoms with Crippen molar-refractivity contribution in [3.8, 4) is 0 Å². The number of nitrogens with zero attached hydrogens (tertiary/aromatic N) is 2. The summed E-state index contributed by atoms with van der Waals surface area (Å²) in [4.78, 5) is 43.1. The largest absolute Gasteiger partial charge is 0.290 e. The fourth-order valence-electron chi connectivity index (χ4n) is 5.97. The monoisotopic (exact) mass is 500 g/mol. The third-order valence-corrected chi connectivity index (χ3v) is 8.58. The summed E-state index contributed by atoms with van der Waals surface area (Å²) in [6.45, 7) is -0.167. The van der Waals surface area contributed by atoms with Crippen LogP contribution in [0.15, 0.2) is 54.6 Å². The number of rotatable bonds is 4. The van der Waals surface area contributed by atoms with E-state index in [4.69, 9.17) is 34.8 Å². The van der Waals surface area contributed by atoms with Crippen molar-refractivity contribution in [2.45, 2.75) is 6.42 Å². The van der Waals surface area contributed by atoms with E-state index in [1.54, 1.807) is 36.4 Å². The molecule has 5 aliphatic rings. The molecule has 3 amide bonds. The first kappa shape index (κ1) is 21.2. The highest BCUT2D eigenvalue weighted by atomic mass is 35.5. The zero-order chi connectivity index (χ0) is 23.0. The van der Waals surface area contributed by atoms with E-state index in [0.29, 0.717) is 33.1 Å². The number of allylic oxidation sites excluding steroid dienone is 2. The Hall–Kier alpha value is -2.34. The minimum absolute atomic E-state index is 0.126. The maximum Gasteiger partial charge on any atom is 0.259 e. The molecule has 33 heavy (non-hydrogen) atoms. The Morgan fingerprint density at radius 1 is 0.879 bits per heavy atom. The molecule has 5 nitrogen and oxygen atoms in total. The van der Waals surface area contributed by atoms with Crippen LogP contribution in [0.1, 0.15) is 16.8 Å². The minimum atomic E-state index is -0.393. The SMILES string of the molecule is O=C1[C@@H]2[C@@H]3C=C[C@H]([C@H]4C[C@H]34)[C@@H]2C(=O)N1CN(C(=O)c1ccc(Cl)c(Cl)c1)c1ccc(Cl)cc1. The number of hydrogen-bond acceptors (Lipinski definition) is 3. The van der Waals surface area contributed by atoms with Gasteiger partial charge in [-0.15, -0.1) is 0 Å². The number of amides is 3. The third kappa shape index (κ3) is 3.24. The lowest BCUT2D eigenvalue weighted by Crippen LogP contribution is -2.45. The van der Waals surface area contributed by atoms with E-state index in [1.807, 2.05) is 0 Å². The van der Waals surface area contributed by atoms with Crippen LogP contribution >= 0.6 is 34.8 Å². The van der Waals surface area contributed by atoms with Gasteiger partial charge in [-0.1, -0.05) is 47.0 Å². The van der Waals surface area contributed by atoms with Crippen molar-refractivity contribution in [1.29, 1.82) is 0 Å². The van der Waals surface area contributed by atoms with Gasteiger partial charge in [0.25, 0.3) is 5.91 Å². The maximum atomic E-state index is 13.5. The molecule has 0 unspecified atom stereocenters. The van der Waals surface area contributed by atoms with Gasteiger partial charge < -0.3 is 0 Å². The van der Waals surface area contributed by atoms with Crippen LogP contribution in [0.3, 0.4) is 0 Å². The highest BCUT2D eigenvalue weighted by molar-refractivity contribution is 6.42. The molecule has 8 heteroatoms. The topological polar surface area (TPSA) is 57.7 Å². The lowest BCUT2D eigenvalue weighted by Gasteiger charge is -2.37. The van der Waals surface area contributed by atoms with Gasteiger partial charge in [-0.2, -0.15) is 0 Å². The molecule has 0 spiro atoms. The van der Waals surface area contributed by atoms with E-state index in [0.717, 1.165) is 6.42 Å². The quantitative estimate of drug-likeness (QED) is 0.422. The molecule has 2 saturated carbocycles. The molecule has 1 saturated heterocycles. The summed E-state index contributed by atoms with van der Waals surface area (Å²) >= 11 is 18.2. The molecule has 0 N–H and O–H groups in total. The van der Waals surface area contributed by atoms with E-state index in [-0.39, 0.29) is 47.2 Å². The van der Waals surface area contributed by atoms with Gasteiger partial charge in [-0.3, -0.25) is 24.2 Å². The van der Waals surface area contributed by atoms with Gasteiger partial charge in [0, 0.05) is 16.3 Å². The summed E-state index contributed by atoms with van der Waals surface area (Å²) in [5.74, 6) is -0.109. The predicted molar refractivity (Wildman–Crippen MR) is 126 cm³/mol. The minimum Gasteiger partial charge on any atom is -0.290 e. The van der Waals surface area contributed by atoms with Gasteiger partial charge >= 0.3 is 0 Å². The number of likely N-dealkylation sites (tertiary alicyclic amines) is 1. The molecule has 2 bridgehead atoms. The molecule has 7 rings (SSSR count). The van der Waals surface area contributed by atoms with Crippen LogP contribution in [0, 0.1) is 35.5 Å². The standard InChI is InChI=1S/C25H19Cl3N2O3/c26-13-2-4-14(5-3-13)29(23(31)12-1-8-19(27)20(28)9-12)11-30-24(32)21-15-6-7-16(18-10-17(15)18)22(21)25(30)33/h1-9,15-18,21-22H,10-11H2/t15-,16-,17-,18-,21-,22+/m1/s1. The zero-order valence-corrected chi connectivity index (χ0v) is 19.6. The van der Waals surface area contributed by atoms with Crippen molar-refractivity contribution in [1.82, 2.24) is 4.90 Å². The van der Waals surface area contributed by atoms with Crippen molar-refractivity contribution in [3.63, 3.8) is 0 Å². The van der Waals surface area contributed by atoms with E-state index < -0.39 is 5.91 Å². The van der Waals surface area contributed by atoms with Gasteiger partial charge in [-0.05, 0) is 72.6 Å². The van der Waals surface area contributed by atoms with Crippen molar-refractivity contribution in [2.75, 3.05) is 11.6 Å². The Morgan fingerprint density at radius 3 is 2.06 bits per heavy atom. The fraction of sp³-hybridized carbons (Fsp3) is 0.320. The van der Waals surface area contributed by atoms with Crippen LogP contribution in [0.5, 0.6) is 0 Å². The molecule has 0 aromatic heterocycles. The van der Waals surface area contributed by atoms with Crippen molar-refractivity contribution in [3.05, 3.63) is 75.2 Å². The number of carbonyl (C=O) groups excluding carboxylic acids is 3. The lowest BCUT2D eigenvalue weighted by atomic mass is 9.63. The highest BCUT2D eigenvalue weighted by Gasteiger charge is 2.67. The first-order valence-electron chi connectivity index (χ1n) is 10.9. The Kier molecular flexibility index (Phi) is 4.88. The number of anilines is 1. The average Bonchev–Trinajstić information content (AvgIpc) is 3.59. The molecule has 3 fully saturated rings. The van der Waals surface area contributed by atoms with Gasteiger partial charge in [-0.25, -0.2) is 0 Å². The summed E-state index contributed by atoms with van der Waals surface area (Å²) in [5, 5.41) is 1.10. The van der Waals surface area contributed by atoms with Crippen molar-refractivity contribution in [2.24, 2.45) is 35.5 Å². The Morgan fingerprint density at radius 2 is 1.48 bits per heavy atom. The average molecular weight is 502 g/mol. The molecular formula is C25H19Cl3N2O3. The molecule has 2 aromatic carbocycles. The van der Waals surface area contributed by atoms with Crippen LogP contribution in [0.25, 0.3) is 0 Å². The van der Waals surface area contributed by atoms with Crippen LogP contribution in [0.2, 0.25) is 15.1 Å². The van der Waals surface area contributed by atoms with Gasteiger partial charge in [0.2, 0.25) is 11.8 Å². The summed E-state index contributed by atoms with van der Waals surface area (Å²) in [7, 11) is 0. The zero-order valence-electron chi connectivity index (χ0n) is 17.3. The molecule has 0 radical (unpaired) electrons. The molecule has 6 atom stereocenters. The summed E-state index contributed by atoms with van der Waals surface area (Å²) in [5.41, 5.74) is 0.828. The number of hydrogen-bond donors (Lipinski definition) is 0. The second-order valence-corrected chi connectivity index (χ2v) is 10.5. The summed E-state index contributed by atoms with van der Waals surface area (Å²) < 4.78 is 0. The Labute approximate surface area is 205 Å². The first-order valence-corrected chi connectivity index (χ1v) is 12.0. The van der Waals surface area contributed by atoms with Crippen molar-refractivity contribution >= 4 is 58.2 Å². The molecule has 168 valence electrons. The predicted octanol–water partition coefficient (Wildman–Crippen LogP) is 5.30. The Bertz CT molecular complexity index is 1190. The second-order valence-electron chi connectivity index (χ2n) is 9.24. The van der Waals surface area contributed by atoms with E-state index >= 15 is 0 Å². The fourth-order valence-corrected chi connectivity index (χ4v) is 6.39. The van der Waals surface area contributed by atoms with E-state index in [9.17, 15) is 14.4 Å². The number of carbonyl (C=O) groups is 3. The van der Waals surface area contributed by atoms with Crippen LogP contribution in [0.4, 0.5) is 5.69 Å². The highest BCUT2D eigenvalue weighted by Crippen LogP contribution is 2.65. The molecule has 1 aliphatic heterocycles. The lowest BCUT2D eigenvalue weighted by molar-refractivity contribution is -0.140. The summed E-state index contributed by atoms with van der Waals surface area (Å²) in [6.07, 6.45) is 5.36. The smallest absolute Gasteiger partial charge is 0.259 e. The van der Waals surface area contributed by atoms with Crippen LogP contribution in [-0.2, 0) is 9.59 Å². The Balaban J connectivity index is 1.34. The number of benzene rings is 2. The van der Waals surface area contributed by atoms with E-state index in [1.165, 1.54) is 15.9 Å². The number of halogens is 3. The maximum absolute atomic E-state index is 13.5. The molecule has 2 aromatic rings. The summed E-state index contributed by atoms with van der Waals surface area (Å²) in [6, 6.07) is 11.3. The van der Waals surface area contributed by atoms with Gasteiger partial charge in [0.15, 0.2) is 0 Å². The first-order chi connectivity index (χ1) is 15.8. The third-order valence-electron chi connectivity index (χ3n) is 7.59.